The third kappa shape index (κ3) is 2.00. The predicted octanol–water partition coefficient (Wildman–Crippen LogP) is 2.66. The van der Waals surface area contributed by atoms with Gasteiger partial charge < -0.3 is 10.3 Å². The second-order valence-electron chi connectivity index (χ2n) is 3.44. The minimum absolute atomic E-state index is 0.0799. The summed E-state index contributed by atoms with van der Waals surface area (Å²) < 4.78 is 2.06. The van der Waals surface area contributed by atoms with E-state index >= 15 is 0 Å². The van der Waals surface area contributed by atoms with Crippen LogP contribution in [0.25, 0.3) is 5.69 Å². The Morgan fingerprint density at radius 3 is 2.27 bits per heavy atom. The zero-order valence-electron chi connectivity index (χ0n) is 8.51. The number of benzene rings is 1. The van der Waals surface area contributed by atoms with Gasteiger partial charge in [-0.1, -0.05) is 18.2 Å². The number of rotatable bonds is 3. The lowest BCUT2D eigenvalue weighted by atomic mass is 10.1. The molecule has 2 heteroatoms. The van der Waals surface area contributed by atoms with Crippen LogP contribution in [0, 0.1) is 0 Å². The smallest absolute Gasteiger partial charge is 0.0478 e. The molecule has 0 saturated carbocycles. The van der Waals surface area contributed by atoms with Crippen molar-refractivity contribution in [2.24, 2.45) is 5.73 Å². The van der Waals surface area contributed by atoms with Crippen LogP contribution in [-0.4, -0.2) is 4.57 Å². The first-order valence-corrected chi connectivity index (χ1v) is 4.92. The molecule has 2 N–H and O–H groups in total. The fraction of sp³-hybridized carbons (Fsp3) is 0.0769. The van der Waals surface area contributed by atoms with Crippen LogP contribution in [0.4, 0.5) is 0 Å². The average Bonchev–Trinajstić information content (AvgIpc) is 2.82. The molecule has 2 nitrogen and oxygen atoms in total. The molecule has 0 fully saturated rings. The van der Waals surface area contributed by atoms with Crippen molar-refractivity contribution >= 4 is 0 Å². The highest BCUT2D eigenvalue weighted by atomic mass is 14.9. The highest BCUT2D eigenvalue weighted by Crippen LogP contribution is 2.14. The molecule has 0 aliphatic carbocycles. The number of nitrogens with zero attached hydrogens (tertiary/aromatic N) is 1. The van der Waals surface area contributed by atoms with E-state index in [1.165, 1.54) is 0 Å². The molecule has 2 aromatic rings. The highest BCUT2D eigenvalue weighted by Gasteiger charge is 2.00. The highest BCUT2D eigenvalue weighted by molar-refractivity contribution is 5.36. The first kappa shape index (κ1) is 9.74. The van der Waals surface area contributed by atoms with E-state index in [0.29, 0.717) is 0 Å². The fourth-order valence-electron chi connectivity index (χ4n) is 1.51. The van der Waals surface area contributed by atoms with E-state index in [1.807, 2.05) is 36.7 Å². The Morgan fingerprint density at radius 2 is 1.73 bits per heavy atom. The molecular weight excluding hydrogens is 184 g/mol. The fourth-order valence-corrected chi connectivity index (χ4v) is 1.51. The van der Waals surface area contributed by atoms with Gasteiger partial charge in [0, 0.05) is 24.1 Å². The van der Waals surface area contributed by atoms with Crippen LogP contribution >= 0.6 is 0 Å². The summed E-state index contributed by atoms with van der Waals surface area (Å²) in [5.41, 5.74) is 8.06. The predicted molar refractivity (Wildman–Crippen MR) is 62.9 cm³/mol. The van der Waals surface area contributed by atoms with Crippen LogP contribution in [0.1, 0.15) is 11.6 Å². The summed E-state index contributed by atoms with van der Waals surface area (Å²) in [6.07, 6.45) is 5.77. The maximum atomic E-state index is 5.84. The van der Waals surface area contributed by atoms with Gasteiger partial charge in [0.25, 0.3) is 0 Å². The Balaban J connectivity index is 2.28. The van der Waals surface area contributed by atoms with Gasteiger partial charge in [0.15, 0.2) is 0 Å². The Hall–Kier alpha value is -1.80. The van der Waals surface area contributed by atoms with Crippen molar-refractivity contribution in [1.29, 1.82) is 0 Å². The maximum absolute atomic E-state index is 5.84. The van der Waals surface area contributed by atoms with E-state index < -0.39 is 0 Å². The van der Waals surface area contributed by atoms with Gasteiger partial charge in [-0.2, -0.15) is 0 Å². The molecule has 0 bridgehead atoms. The summed E-state index contributed by atoms with van der Waals surface area (Å²) in [4.78, 5) is 0. The van der Waals surface area contributed by atoms with Crippen LogP contribution in [0.3, 0.4) is 0 Å². The molecule has 1 atom stereocenters. The Kier molecular flexibility index (Phi) is 2.70. The molecule has 1 aromatic carbocycles. The number of nitrogens with two attached hydrogens (primary N) is 1. The van der Waals surface area contributed by atoms with Crippen LogP contribution < -0.4 is 5.73 Å². The van der Waals surface area contributed by atoms with E-state index in [2.05, 4.69) is 23.3 Å². The van der Waals surface area contributed by atoms with Crippen molar-refractivity contribution in [2.75, 3.05) is 0 Å². The van der Waals surface area contributed by atoms with E-state index in [4.69, 9.17) is 5.73 Å². The molecule has 0 radical (unpaired) electrons. The van der Waals surface area contributed by atoms with Crippen LogP contribution in [0.15, 0.2) is 61.4 Å². The Labute approximate surface area is 89.7 Å². The number of hydrogen-bond acceptors (Lipinski definition) is 1. The van der Waals surface area contributed by atoms with Gasteiger partial charge in [-0.05, 0) is 29.8 Å². The molecule has 1 aromatic heterocycles. The topological polar surface area (TPSA) is 30.9 Å². The van der Waals surface area contributed by atoms with Gasteiger partial charge in [-0.15, -0.1) is 6.58 Å². The molecule has 0 amide bonds. The zero-order valence-corrected chi connectivity index (χ0v) is 8.51. The number of aromatic nitrogens is 1. The minimum atomic E-state index is -0.0799. The van der Waals surface area contributed by atoms with Gasteiger partial charge in [0.2, 0.25) is 0 Å². The summed E-state index contributed by atoms with van der Waals surface area (Å²) in [5, 5.41) is 0. The normalized spacial score (nSPS) is 12.3. The first-order valence-electron chi connectivity index (χ1n) is 4.92. The lowest BCUT2D eigenvalue weighted by molar-refractivity contribution is 0.912. The molecular formula is C13H14N2. The summed E-state index contributed by atoms with van der Waals surface area (Å²) in [7, 11) is 0. The molecule has 0 aliphatic rings. The van der Waals surface area contributed by atoms with Crippen molar-refractivity contribution in [3.63, 3.8) is 0 Å². The third-order valence-corrected chi connectivity index (χ3v) is 2.43. The monoisotopic (exact) mass is 198 g/mol. The molecule has 0 spiro atoms. The average molecular weight is 198 g/mol. The standard InChI is InChI=1S/C13H14N2/c1-2-13(14)11-5-7-12(8-6-11)15-9-3-4-10-15/h2-10,13H,1,14H2. The maximum Gasteiger partial charge on any atom is 0.0478 e. The van der Waals surface area contributed by atoms with Gasteiger partial charge in [0.05, 0.1) is 0 Å². The number of hydrogen-bond donors (Lipinski definition) is 1. The van der Waals surface area contributed by atoms with Gasteiger partial charge in [-0.3, -0.25) is 0 Å². The molecule has 76 valence electrons. The molecule has 1 unspecified atom stereocenters. The molecule has 1 heterocycles. The van der Waals surface area contributed by atoms with Crippen molar-refractivity contribution in [2.45, 2.75) is 6.04 Å². The van der Waals surface area contributed by atoms with Crippen molar-refractivity contribution in [3.8, 4) is 5.69 Å². The first-order chi connectivity index (χ1) is 7.31. The Morgan fingerprint density at radius 1 is 1.13 bits per heavy atom. The van der Waals surface area contributed by atoms with E-state index in [-0.39, 0.29) is 6.04 Å². The zero-order chi connectivity index (χ0) is 10.7. The molecule has 2 rings (SSSR count). The largest absolute Gasteiger partial charge is 0.324 e. The van der Waals surface area contributed by atoms with Crippen molar-refractivity contribution in [3.05, 3.63) is 67.0 Å². The quantitative estimate of drug-likeness (QED) is 0.755. The van der Waals surface area contributed by atoms with Gasteiger partial charge in [0.1, 0.15) is 0 Å². The van der Waals surface area contributed by atoms with E-state index in [0.717, 1.165) is 11.3 Å². The lowest BCUT2D eigenvalue weighted by Crippen LogP contribution is -2.06. The van der Waals surface area contributed by atoms with E-state index in [1.54, 1.807) is 6.08 Å². The van der Waals surface area contributed by atoms with Crippen molar-refractivity contribution < 1.29 is 0 Å². The van der Waals surface area contributed by atoms with Gasteiger partial charge >= 0.3 is 0 Å². The van der Waals surface area contributed by atoms with Crippen LogP contribution in [0.2, 0.25) is 0 Å². The molecule has 15 heavy (non-hydrogen) atoms. The van der Waals surface area contributed by atoms with Crippen LogP contribution in [0.5, 0.6) is 0 Å². The minimum Gasteiger partial charge on any atom is -0.324 e. The molecule has 0 aliphatic heterocycles. The van der Waals surface area contributed by atoms with Crippen molar-refractivity contribution in [1.82, 2.24) is 4.57 Å². The van der Waals surface area contributed by atoms with E-state index in [9.17, 15) is 0 Å². The second-order valence-corrected chi connectivity index (χ2v) is 3.44. The summed E-state index contributed by atoms with van der Waals surface area (Å²) in [6, 6.07) is 12.1. The summed E-state index contributed by atoms with van der Waals surface area (Å²) >= 11 is 0. The second kappa shape index (κ2) is 4.15. The third-order valence-electron chi connectivity index (χ3n) is 2.43. The Bertz CT molecular complexity index is 426. The van der Waals surface area contributed by atoms with Gasteiger partial charge in [-0.25, -0.2) is 0 Å². The molecule has 0 saturated heterocycles. The SMILES string of the molecule is C=CC(N)c1ccc(-n2cccc2)cc1. The summed E-state index contributed by atoms with van der Waals surface area (Å²) in [6.45, 7) is 3.68. The lowest BCUT2D eigenvalue weighted by Gasteiger charge is -2.08. The summed E-state index contributed by atoms with van der Waals surface area (Å²) in [5.74, 6) is 0. The van der Waals surface area contributed by atoms with Crippen LogP contribution in [-0.2, 0) is 0 Å².